The van der Waals surface area contributed by atoms with Gasteiger partial charge in [-0.05, 0) is 25.2 Å². The molecule has 2 rings (SSSR count). The van der Waals surface area contributed by atoms with Crippen molar-refractivity contribution in [2.45, 2.75) is 72.3 Å². The van der Waals surface area contributed by atoms with Gasteiger partial charge in [-0.3, -0.25) is 4.99 Å². The molecule has 2 heterocycles. The number of aryl methyl sites for hydroxylation is 1. The summed E-state index contributed by atoms with van der Waals surface area (Å²) in [6, 6.07) is 0. The zero-order chi connectivity index (χ0) is 17.9. The minimum Gasteiger partial charge on any atom is -0.354 e. The van der Waals surface area contributed by atoms with Gasteiger partial charge in [-0.2, -0.15) is 0 Å². The number of aliphatic imine (C=N–C) groups is 1. The highest BCUT2D eigenvalue weighted by Crippen LogP contribution is 2.14. The van der Waals surface area contributed by atoms with Gasteiger partial charge in [-0.1, -0.05) is 40.0 Å². The van der Waals surface area contributed by atoms with Gasteiger partial charge < -0.3 is 14.8 Å². The maximum absolute atomic E-state index is 4.98. The number of hydrogen-bond donors (Lipinski definition) is 1. The van der Waals surface area contributed by atoms with Crippen molar-refractivity contribution in [1.82, 2.24) is 25.0 Å². The molecule has 7 heteroatoms. The van der Waals surface area contributed by atoms with Crippen molar-refractivity contribution in [3.8, 4) is 0 Å². The van der Waals surface area contributed by atoms with Crippen molar-refractivity contribution in [1.29, 1.82) is 0 Å². The Labute approximate surface area is 176 Å². The molecule has 0 bridgehead atoms. The molecule has 0 spiro atoms. The number of nitrogens with one attached hydrogen (secondary N) is 1. The van der Waals surface area contributed by atoms with Gasteiger partial charge in [0.15, 0.2) is 5.96 Å². The summed E-state index contributed by atoms with van der Waals surface area (Å²) in [4.78, 5) is 7.40. The van der Waals surface area contributed by atoms with Crippen LogP contribution in [0.15, 0.2) is 11.3 Å². The van der Waals surface area contributed by atoms with E-state index in [0.29, 0.717) is 5.92 Å². The standard InChI is InChI=1S/C19H36N6.HI/c1-4-7-10-17(5-2)15-21-19(24-12-8-9-13-24)20-11-14-25-16-22-23-18(25)6-3;/h16-17H,4-15H2,1-3H3,(H,20,21);1H. The molecule has 1 saturated heterocycles. The maximum atomic E-state index is 4.98. The van der Waals surface area contributed by atoms with Crippen LogP contribution in [0.25, 0.3) is 0 Å². The lowest BCUT2D eigenvalue weighted by Crippen LogP contribution is -2.41. The summed E-state index contributed by atoms with van der Waals surface area (Å²) in [5.41, 5.74) is 0. The Balaban J connectivity index is 0.00000338. The van der Waals surface area contributed by atoms with Crippen molar-refractivity contribution in [2.75, 3.05) is 26.2 Å². The number of rotatable bonds is 10. The molecule has 1 aliphatic rings. The van der Waals surface area contributed by atoms with Crippen LogP contribution in [0.3, 0.4) is 0 Å². The second kappa shape index (κ2) is 13.3. The van der Waals surface area contributed by atoms with Gasteiger partial charge in [-0.25, -0.2) is 0 Å². The molecule has 0 amide bonds. The summed E-state index contributed by atoms with van der Waals surface area (Å²) in [6.45, 7) is 11.6. The monoisotopic (exact) mass is 476 g/mol. The van der Waals surface area contributed by atoms with Crippen LogP contribution < -0.4 is 5.32 Å². The molecule has 26 heavy (non-hydrogen) atoms. The first-order chi connectivity index (χ1) is 12.3. The van der Waals surface area contributed by atoms with E-state index in [1.54, 1.807) is 0 Å². The molecular weight excluding hydrogens is 439 g/mol. The van der Waals surface area contributed by atoms with Crippen molar-refractivity contribution in [2.24, 2.45) is 10.9 Å². The third-order valence-corrected chi connectivity index (χ3v) is 5.10. The van der Waals surface area contributed by atoms with Crippen LogP contribution in [0, 0.1) is 5.92 Å². The van der Waals surface area contributed by atoms with Gasteiger partial charge in [0, 0.05) is 39.1 Å². The average molecular weight is 476 g/mol. The van der Waals surface area contributed by atoms with Gasteiger partial charge in [0.25, 0.3) is 0 Å². The van der Waals surface area contributed by atoms with Gasteiger partial charge in [-0.15, -0.1) is 34.2 Å². The van der Waals surface area contributed by atoms with Crippen molar-refractivity contribution in [3.05, 3.63) is 12.2 Å². The van der Waals surface area contributed by atoms with Gasteiger partial charge in [0.2, 0.25) is 0 Å². The van der Waals surface area contributed by atoms with E-state index >= 15 is 0 Å². The van der Waals surface area contributed by atoms with E-state index in [1.807, 2.05) is 6.33 Å². The van der Waals surface area contributed by atoms with Crippen LogP contribution in [0.5, 0.6) is 0 Å². The van der Waals surface area contributed by atoms with Crippen LogP contribution in [0.2, 0.25) is 0 Å². The summed E-state index contributed by atoms with van der Waals surface area (Å²) >= 11 is 0. The van der Waals surface area contributed by atoms with Crippen LogP contribution in [-0.4, -0.2) is 51.8 Å². The van der Waals surface area contributed by atoms with Crippen LogP contribution in [0.4, 0.5) is 0 Å². The van der Waals surface area contributed by atoms with Gasteiger partial charge in [0.1, 0.15) is 12.2 Å². The lowest BCUT2D eigenvalue weighted by molar-refractivity contribution is 0.447. The maximum Gasteiger partial charge on any atom is 0.193 e. The molecule has 1 atom stereocenters. The molecule has 1 fully saturated rings. The Morgan fingerprint density at radius 3 is 2.69 bits per heavy atom. The average Bonchev–Trinajstić information content (AvgIpc) is 3.31. The molecule has 150 valence electrons. The Morgan fingerprint density at radius 1 is 1.27 bits per heavy atom. The zero-order valence-electron chi connectivity index (χ0n) is 16.8. The van der Waals surface area contributed by atoms with Gasteiger partial charge in [0.05, 0.1) is 0 Å². The molecule has 0 saturated carbocycles. The fourth-order valence-corrected chi connectivity index (χ4v) is 3.36. The Bertz CT molecular complexity index is 510. The summed E-state index contributed by atoms with van der Waals surface area (Å²) in [7, 11) is 0. The largest absolute Gasteiger partial charge is 0.354 e. The van der Waals surface area contributed by atoms with Crippen LogP contribution in [-0.2, 0) is 13.0 Å². The first-order valence-electron chi connectivity index (χ1n) is 10.2. The van der Waals surface area contributed by atoms with Crippen LogP contribution in [0.1, 0.15) is 65.1 Å². The highest BCUT2D eigenvalue weighted by atomic mass is 127. The van der Waals surface area contributed by atoms with Crippen molar-refractivity contribution >= 4 is 29.9 Å². The van der Waals surface area contributed by atoms with Crippen LogP contribution >= 0.6 is 24.0 Å². The number of hydrogen-bond acceptors (Lipinski definition) is 3. The Hall–Kier alpha value is -0.860. The normalized spacial score (nSPS) is 15.8. The molecule has 6 nitrogen and oxygen atoms in total. The smallest absolute Gasteiger partial charge is 0.193 e. The number of aromatic nitrogens is 3. The zero-order valence-corrected chi connectivity index (χ0v) is 19.1. The van der Waals surface area contributed by atoms with E-state index in [0.717, 1.165) is 50.9 Å². The van der Waals surface area contributed by atoms with E-state index in [9.17, 15) is 0 Å². The Morgan fingerprint density at radius 2 is 2.04 bits per heavy atom. The molecule has 0 aliphatic carbocycles. The molecule has 1 aliphatic heterocycles. The number of halogens is 1. The predicted octanol–water partition coefficient (Wildman–Crippen LogP) is 3.72. The molecule has 1 aromatic heterocycles. The highest BCUT2D eigenvalue weighted by Gasteiger charge is 2.16. The Kier molecular flexibility index (Phi) is 11.9. The number of likely N-dealkylation sites (tertiary alicyclic amines) is 1. The molecule has 1 N–H and O–H groups in total. The number of nitrogens with zero attached hydrogens (tertiary/aromatic N) is 5. The van der Waals surface area contributed by atoms with E-state index < -0.39 is 0 Å². The molecule has 1 aromatic rings. The SMILES string of the molecule is CCCCC(CC)CN=C(NCCn1cnnc1CC)N1CCCC1.I. The number of unbranched alkanes of at least 4 members (excludes halogenated alkanes) is 1. The third-order valence-electron chi connectivity index (χ3n) is 5.10. The summed E-state index contributed by atoms with van der Waals surface area (Å²) in [5, 5.41) is 11.8. The number of guanidine groups is 1. The topological polar surface area (TPSA) is 58.3 Å². The van der Waals surface area contributed by atoms with E-state index in [-0.39, 0.29) is 24.0 Å². The summed E-state index contributed by atoms with van der Waals surface area (Å²) < 4.78 is 2.13. The first kappa shape index (κ1) is 23.2. The lowest BCUT2D eigenvalue weighted by Gasteiger charge is -2.23. The molecule has 1 unspecified atom stereocenters. The second-order valence-electron chi connectivity index (χ2n) is 7.00. The third kappa shape index (κ3) is 7.40. The highest BCUT2D eigenvalue weighted by molar-refractivity contribution is 14.0. The van der Waals surface area contributed by atoms with Crippen molar-refractivity contribution in [3.63, 3.8) is 0 Å². The minimum absolute atomic E-state index is 0. The minimum atomic E-state index is 0. The van der Waals surface area contributed by atoms with Gasteiger partial charge >= 0.3 is 0 Å². The van der Waals surface area contributed by atoms with E-state index in [4.69, 9.17) is 4.99 Å². The fraction of sp³-hybridized carbons (Fsp3) is 0.842. The lowest BCUT2D eigenvalue weighted by atomic mass is 10.00. The quantitative estimate of drug-likeness (QED) is 0.318. The fourth-order valence-electron chi connectivity index (χ4n) is 3.36. The summed E-state index contributed by atoms with van der Waals surface area (Å²) in [6.07, 6.45) is 10.4. The van der Waals surface area contributed by atoms with E-state index in [1.165, 1.54) is 38.5 Å². The summed E-state index contributed by atoms with van der Waals surface area (Å²) in [5.74, 6) is 2.86. The molecular formula is C19H37IN6. The predicted molar refractivity (Wildman–Crippen MR) is 119 cm³/mol. The molecule has 0 aromatic carbocycles. The second-order valence-corrected chi connectivity index (χ2v) is 7.00. The van der Waals surface area contributed by atoms with E-state index in [2.05, 4.69) is 45.8 Å². The first-order valence-corrected chi connectivity index (χ1v) is 10.2. The molecule has 0 radical (unpaired) electrons. The van der Waals surface area contributed by atoms with Crippen molar-refractivity contribution < 1.29 is 0 Å².